The highest BCUT2D eigenvalue weighted by Gasteiger charge is 2.11. The van der Waals surface area contributed by atoms with Crippen molar-refractivity contribution in [2.75, 3.05) is 7.05 Å². The highest BCUT2D eigenvalue weighted by Crippen LogP contribution is 2.23. The first kappa shape index (κ1) is 11.4. The largest absolute Gasteiger partial charge is 0.313 e. The number of aryl methyl sites for hydroxylation is 2. The van der Waals surface area contributed by atoms with E-state index >= 15 is 0 Å². The van der Waals surface area contributed by atoms with Crippen molar-refractivity contribution in [1.29, 1.82) is 0 Å². The number of nitrogens with zero attached hydrogens (tertiary/aromatic N) is 3. The Morgan fingerprint density at radius 3 is 3.06 bits per heavy atom. The van der Waals surface area contributed by atoms with Gasteiger partial charge in [0.05, 0.1) is 13.1 Å². The van der Waals surface area contributed by atoms with Gasteiger partial charge < -0.3 is 5.32 Å². The molecule has 0 spiro atoms. The second-order valence-electron chi connectivity index (χ2n) is 4.85. The summed E-state index contributed by atoms with van der Waals surface area (Å²) in [7, 11) is 1.90. The van der Waals surface area contributed by atoms with E-state index in [2.05, 4.69) is 33.6 Å². The summed E-state index contributed by atoms with van der Waals surface area (Å²) >= 11 is 0. The summed E-state index contributed by atoms with van der Waals surface area (Å²) in [6, 6.07) is 6.80. The summed E-state index contributed by atoms with van der Waals surface area (Å²) in [4.78, 5) is 4.26. The fraction of sp³-hybridized carbons (Fsp3) is 0.429. The van der Waals surface area contributed by atoms with Gasteiger partial charge in [-0.15, -0.1) is 0 Å². The van der Waals surface area contributed by atoms with Crippen LogP contribution in [0.15, 0.2) is 24.5 Å². The maximum Gasteiger partial charge on any atom is 0.164 e. The van der Waals surface area contributed by atoms with Gasteiger partial charge in [0.15, 0.2) is 5.82 Å². The molecule has 4 nitrogen and oxygen atoms in total. The van der Waals surface area contributed by atoms with Gasteiger partial charge in [-0.3, -0.25) is 0 Å². The highest BCUT2D eigenvalue weighted by atomic mass is 15.3. The van der Waals surface area contributed by atoms with Crippen LogP contribution in [0.25, 0.3) is 0 Å². The first-order valence-electron chi connectivity index (χ1n) is 6.49. The normalized spacial score (nSPS) is 13.8. The molecule has 0 saturated carbocycles. The van der Waals surface area contributed by atoms with Gasteiger partial charge in [0, 0.05) is 0 Å². The van der Waals surface area contributed by atoms with Crippen LogP contribution in [0.1, 0.15) is 28.9 Å². The van der Waals surface area contributed by atoms with Crippen molar-refractivity contribution < 1.29 is 0 Å². The summed E-state index contributed by atoms with van der Waals surface area (Å²) in [6.07, 6.45) is 5.57. The summed E-state index contributed by atoms with van der Waals surface area (Å²) in [5.74, 6) is 0.846. The molecule has 0 bridgehead atoms. The predicted molar refractivity (Wildman–Crippen MR) is 70.4 cm³/mol. The van der Waals surface area contributed by atoms with Crippen molar-refractivity contribution >= 4 is 0 Å². The van der Waals surface area contributed by atoms with Crippen LogP contribution in [0, 0.1) is 0 Å². The highest BCUT2D eigenvalue weighted by molar-refractivity contribution is 5.35. The number of benzene rings is 1. The van der Waals surface area contributed by atoms with Crippen molar-refractivity contribution in [3.05, 3.63) is 47.0 Å². The van der Waals surface area contributed by atoms with E-state index in [-0.39, 0.29) is 0 Å². The first-order valence-corrected chi connectivity index (χ1v) is 6.49. The molecule has 2 aromatic rings. The van der Waals surface area contributed by atoms with Crippen molar-refractivity contribution in [2.45, 2.75) is 32.4 Å². The molecule has 1 heterocycles. The molecule has 0 atom stereocenters. The van der Waals surface area contributed by atoms with Crippen LogP contribution < -0.4 is 5.32 Å². The number of fused-ring (bicyclic) bond motifs is 1. The van der Waals surface area contributed by atoms with Gasteiger partial charge in [-0.1, -0.05) is 18.2 Å². The summed E-state index contributed by atoms with van der Waals surface area (Å²) in [5.41, 5.74) is 4.35. The van der Waals surface area contributed by atoms with Crippen molar-refractivity contribution in [1.82, 2.24) is 20.1 Å². The first-order chi connectivity index (χ1) is 8.85. The molecule has 18 heavy (non-hydrogen) atoms. The Hall–Kier alpha value is -1.68. The average Bonchev–Trinajstić information content (AvgIpc) is 2.98. The molecule has 1 aliphatic carbocycles. The Kier molecular flexibility index (Phi) is 3.11. The van der Waals surface area contributed by atoms with Gasteiger partial charge in [-0.2, -0.15) is 5.10 Å². The van der Waals surface area contributed by atoms with Crippen LogP contribution in [-0.2, 0) is 25.9 Å². The Bertz CT molecular complexity index is 544. The smallest absolute Gasteiger partial charge is 0.164 e. The lowest BCUT2D eigenvalue weighted by molar-refractivity contribution is 0.658. The lowest BCUT2D eigenvalue weighted by Gasteiger charge is -2.04. The van der Waals surface area contributed by atoms with E-state index in [1.54, 1.807) is 6.33 Å². The Balaban J connectivity index is 1.75. The Morgan fingerprint density at radius 1 is 1.28 bits per heavy atom. The van der Waals surface area contributed by atoms with Gasteiger partial charge in [0.2, 0.25) is 0 Å². The number of rotatable bonds is 4. The number of hydrogen-bond acceptors (Lipinski definition) is 3. The average molecular weight is 242 g/mol. The van der Waals surface area contributed by atoms with Crippen LogP contribution in [-0.4, -0.2) is 21.8 Å². The zero-order chi connectivity index (χ0) is 12.4. The van der Waals surface area contributed by atoms with E-state index < -0.39 is 0 Å². The zero-order valence-corrected chi connectivity index (χ0v) is 10.7. The second-order valence-corrected chi connectivity index (χ2v) is 4.85. The number of nitrogens with one attached hydrogen (secondary N) is 1. The molecule has 1 N–H and O–H groups in total. The fourth-order valence-electron chi connectivity index (χ4n) is 2.56. The molecule has 0 radical (unpaired) electrons. The maximum atomic E-state index is 4.43. The SMILES string of the molecule is CNCc1ncn(Cc2ccc3c(c2)CCC3)n1. The van der Waals surface area contributed by atoms with Crippen molar-refractivity contribution in [3.63, 3.8) is 0 Å². The van der Waals surface area contributed by atoms with Crippen LogP contribution in [0.2, 0.25) is 0 Å². The third-order valence-corrected chi connectivity index (χ3v) is 3.43. The van der Waals surface area contributed by atoms with E-state index in [1.165, 1.54) is 36.0 Å². The molecule has 0 amide bonds. The van der Waals surface area contributed by atoms with E-state index in [9.17, 15) is 0 Å². The molecule has 1 aromatic carbocycles. The quantitative estimate of drug-likeness (QED) is 0.884. The Labute approximate surface area is 107 Å². The van der Waals surface area contributed by atoms with E-state index in [1.807, 2.05) is 11.7 Å². The van der Waals surface area contributed by atoms with E-state index in [0.717, 1.165) is 18.9 Å². The number of aromatic nitrogens is 3. The minimum absolute atomic E-state index is 0.719. The van der Waals surface area contributed by atoms with Gasteiger partial charge in [0.1, 0.15) is 6.33 Å². The predicted octanol–water partition coefficient (Wildman–Crippen LogP) is 1.53. The molecule has 94 valence electrons. The zero-order valence-electron chi connectivity index (χ0n) is 10.7. The fourth-order valence-corrected chi connectivity index (χ4v) is 2.56. The van der Waals surface area contributed by atoms with Gasteiger partial charge >= 0.3 is 0 Å². The molecular formula is C14H18N4. The molecule has 1 aromatic heterocycles. The minimum atomic E-state index is 0.719. The summed E-state index contributed by atoms with van der Waals surface area (Å²) in [5, 5.41) is 7.49. The van der Waals surface area contributed by atoms with Crippen molar-refractivity contribution in [2.24, 2.45) is 0 Å². The van der Waals surface area contributed by atoms with Crippen LogP contribution >= 0.6 is 0 Å². The summed E-state index contributed by atoms with van der Waals surface area (Å²) in [6.45, 7) is 1.53. The maximum absolute atomic E-state index is 4.43. The van der Waals surface area contributed by atoms with E-state index in [0.29, 0.717) is 0 Å². The summed E-state index contributed by atoms with van der Waals surface area (Å²) < 4.78 is 1.91. The van der Waals surface area contributed by atoms with Crippen LogP contribution in [0.3, 0.4) is 0 Å². The minimum Gasteiger partial charge on any atom is -0.313 e. The van der Waals surface area contributed by atoms with Crippen LogP contribution in [0.4, 0.5) is 0 Å². The van der Waals surface area contributed by atoms with Gasteiger partial charge in [-0.25, -0.2) is 9.67 Å². The number of hydrogen-bond donors (Lipinski definition) is 1. The van der Waals surface area contributed by atoms with Gasteiger partial charge in [0.25, 0.3) is 0 Å². The molecular weight excluding hydrogens is 224 g/mol. The molecule has 0 fully saturated rings. The Morgan fingerprint density at radius 2 is 2.17 bits per heavy atom. The standard InChI is InChI=1S/C14H18N4/c1-15-8-14-16-10-18(17-14)9-11-5-6-12-3-2-4-13(12)7-11/h5-7,10,15H,2-4,8-9H2,1H3. The van der Waals surface area contributed by atoms with Crippen molar-refractivity contribution in [3.8, 4) is 0 Å². The molecule has 4 heteroatoms. The molecule has 1 aliphatic rings. The van der Waals surface area contributed by atoms with Crippen LogP contribution in [0.5, 0.6) is 0 Å². The van der Waals surface area contributed by atoms with E-state index in [4.69, 9.17) is 0 Å². The third kappa shape index (κ3) is 2.29. The topological polar surface area (TPSA) is 42.7 Å². The third-order valence-electron chi connectivity index (χ3n) is 3.43. The monoisotopic (exact) mass is 242 g/mol. The lowest BCUT2D eigenvalue weighted by atomic mass is 10.1. The molecule has 0 saturated heterocycles. The molecule has 0 unspecified atom stereocenters. The second kappa shape index (κ2) is 4.90. The lowest BCUT2D eigenvalue weighted by Crippen LogP contribution is -2.08. The molecule has 3 rings (SSSR count). The van der Waals surface area contributed by atoms with Gasteiger partial charge in [-0.05, 0) is 43.0 Å². The molecule has 0 aliphatic heterocycles.